The van der Waals surface area contributed by atoms with Crippen molar-refractivity contribution in [2.75, 3.05) is 5.32 Å². The van der Waals surface area contributed by atoms with E-state index >= 15 is 0 Å². The van der Waals surface area contributed by atoms with E-state index in [0.29, 0.717) is 12.3 Å². The second-order valence-electron chi connectivity index (χ2n) is 6.97. The van der Waals surface area contributed by atoms with Crippen molar-refractivity contribution in [1.29, 1.82) is 0 Å². The summed E-state index contributed by atoms with van der Waals surface area (Å²) in [6.07, 6.45) is 1.59. The van der Waals surface area contributed by atoms with Crippen LogP contribution in [0.1, 0.15) is 27.4 Å². The number of carbonyl (C=O) groups excluding carboxylic acids is 1. The van der Waals surface area contributed by atoms with Crippen LogP contribution in [0.15, 0.2) is 71.3 Å². The first-order valence-electron chi connectivity index (χ1n) is 9.53. The minimum absolute atomic E-state index is 0.118. The predicted molar refractivity (Wildman–Crippen MR) is 115 cm³/mol. The summed E-state index contributed by atoms with van der Waals surface area (Å²) in [5.74, 6) is 0.781. The minimum atomic E-state index is -0.476. The van der Waals surface area contributed by atoms with Crippen LogP contribution in [0.3, 0.4) is 0 Å². The summed E-state index contributed by atoms with van der Waals surface area (Å²) in [7, 11) is 0. The van der Waals surface area contributed by atoms with Crippen LogP contribution >= 0.6 is 11.6 Å². The van der Waals surface area contributed by atoms with Crippen molar-refractivity contribution in [3.8, 4) is 5.75 Å². The number of carbonyl (C=O) groups is 1. The van der Waals surface area contributed by atoms with Crippen LogP contribution in [0, 0.1) is 12.7 Å². The Morgan fingerprint density at radius 2 is 2.00 bits per heavy atom. The summed E-state index contributed by atoms with van der Waals surface area (Å²) < 4.78 is 25.9. The molecule has 0 atom stereocenters. The topological polar surface area (TPSA) is 69.3 Å². The van der Waals surface area contributed by atoms with Gasteiger partial charge in [0.1, 0.15) is 29.0 Å². The van der Waals surface area contributed by atoms with E-state index in [0.717, 1.165) is 16.9 Å². The number of nitrogens with one attached hydrogen (secondary N) is 1. The number of nitrogens with zero attached hydrogens (tertiary/aromatic N) is 2. The molecule has 0 aliphatic carbocycles. The largest absolute Gasteiger partial charge is 0.486 e. The number of benzene rings is 2. The molecule has 4 aromatic rings. The first-order valence-corrected chi connectivity index (χ1v) is 9.91. The zero-order valence-electron chi connectivity index (χ0n) is 16.6. The van der Waals surface area contributed by atoms with Crippen LogP contribution in [0.4, 0.5) is 10.2 Å². The van der Waals surface area contributed by atoms with Crippen molar-refractivity contribution in [3.05, 3.63) is 100 Å². The highest BCUT2D eigenvalue weighted by Gasteiger charge is 2.16. The number of halogens is 2. The van der Waals surface area contributed by atoms with E-state index in [9.17, 15) is 9.18 Å². The lowest BCUT2D eigenvalue weighted by Gasteiger charge is -2.05. The van der Waals surface area contributed by atoms with Crippen molar-refractivity contribution < 1.29 is 18.3 Å². The molecule has 1 N–H and O–H groups in total. The molecule has 0 aliphatic heterocycles. The van der Waals surface area contributed by atoms with E-state index in [-0.39, 0.29) is 29.0 Å². The van der Waals surface area contributed by atoms with Gasteiger partial charge in [-0.25, -0.2) is 4.39 Å². The lowest BCUT2D eigenvalue weighted by atomic mass is 10.2. The molecule has 0 fully saturated rings. The Labute approximate surface area is 183 Å². The smallest absolute Gasteiger partial charge is 0.292 e. The number of anilines is 1. The summed E-state index contributed by atoms with van der Waals surface area (Å²) in [5, 5.41) is 7.20. The SMILES string of the molecule is Cc1cccc(OCc2ccc(C(=O)Nc3nn(Cc4ccc(F)cc4)cc3Cl)o2)c1. The fourth-order valence-electron chi connectivity index (χ4n) is 2.95. The summed E-state index contributed by atoms with van der Waals surface area (Å²) in [6, 6.07) is 17.0. The lowest BCUT2D eigenvalue weighted by molar-refractivity contribution is 0.0992. The third kappa shape index (κ3) is 5.32. The molecule has 0 spiro atoms. The molecule has 158 valence electrons. The number of hydrogen-bond acceptors (Lipinski definition) is 4. The molecule has 6 nitrogen and oxygen atoms in total. The standard InChI is InChI=1S/C23H19ClFN3O3/c1-15-3-2-4-18(11-15)30-14-19-9-10-21(31-19)23(29)26-22-20(24)13-28(27-22)12-16-5-7-17(25)8-6-16/h2-11,13H,12,14H2,1H3,(H,26,27,29). The molecule has 0 saturated heterocycles. The molecule has 1 amide bonds. The van der Waals surface area contributed by atoms with Gasteiger partial charge in [-0.3, -0.25) is 9.48 Å². The lowest BCUT2D eigenvalue weighted by Crippen LogP contribution is -2.12. The molecule has 2 heterocycles. The fraction of sp³-hybridized carbons (Fsp3) is 0.130. The first-order chi connectivity index (χ1) is 15.0. The van der Waals surface area contributed by atoms with Gasteiger partial charge >= 0.3 is 0 Å². The van der Waals surface area contributed by atoms with Gasteiger partial charge < -0.3 is 14.5 Å². The van der Waals surface area contributed by atoms with E-state index in [2.05, 4.69) is 10.4 Å². The first kappa shape index (κ1) is 20.7. The number of furan rings is 1. The van der Waals surface area contributed by atoms with Crippen LogP contribution in [-0.4, -0.2) is 15.7 Å². The number of ether oxygens (including phenoxy) is 1. The maximum absolute atomic E-state index is 13.0. The Balaban J connectivity index is 1.37. The van der Waals surface area contributed by atoms with E-state index < -0.39 is 5.91 Å². The molecule has 0 unspecified atom stereocenters. The number of hydrogen-bond donors (Lipinski definition) is 1. The van der Waals surface area contributed by atoms with Crippen molar-refractivity contribution >= 4 is 23.3 Å². The Morgan fingerprint density at radius 1 is 1.19 bits per heavy atom. The van der Waals surface area contributed by atoms with Gasteiger partial charge in [0, 0.05) is 6.20 Å². The van der Waals surface area contributed by atoms with E-state index in [4.69, 9.17) is 20.8 Å². The average Bonchev–Trinajstić information content (AvgIpc) is 3.35. The van der Waals surface area contributed by atoms with Crippen LogP contribution in [0.5, 0.6) is 5.75 Å². The van der Waals surface area contributed by atoms with Gasteiger partial charge in [-0.15, -0.1) is 0 Å². The van der Waals surface area contributed by atoms with Gasteiger partial charge in [-0.05, 0) is 54.4 Å². The van der Waals surface area contributed by atoms with Gasteiger partial charge in [-0.1, -0.05) is 35.9 Å². The molecule has 31 heavy (non-hydrogen) atoms. The zero-order valence-corrected chi connectivity index (χ0v) is 17.4. The molecule has 4 rings (SSSR count). The predicted octanol–water partition coefficient (Wildman–Crippen LogP) is 5.46. The minimum Gasteiger partial charge on any atom is -0.486 e. The normalized spacial score (nSPS) is 10.8. The maximum Gasteiger partial charge on any atom is 0.292 e. The third-order valence-corrected chi connectivity index (χ3v) is 4.74. The van der Waals surface area contributed by atoms with Gasteiger partial charge in [-0.2, -0.15) is 5.10 Å². The van der Waals surface area contributed by atoms with E-state index in [1.54, 1.807) is 35.1 Å². The fourth-order valence-corrected chi connectivity index (χ4v) is 3.14. The number of amides is 1. The van der Waals surface area contributed by atoms with Crippen molar-refractivity contribution in [1.82, 2.24) is 9.78 Å². The summed E-state index contributed by atoms with van der Waals surface area (Å²) in [5.41, 5.74) is 1.94. The molecule has 2 aromatic heterocycles. The Morgan fingerprint density at radius 3 is 2.77 bits per heavy atom. The highest BCUT2D eigenvalue weighted by atomic mass is 35.5. The Kier molecular flexibility index (Phi) is 6.04. The molecule has 0 aliphatic rings. The molecule has 0 bridgehead atoms. The van der Waals surface area contributed by atoms with Crippen LogP contribution < -0.4 is 10.1 Å². The van der Waals surface area contributed by atoms with Gasteiger partial charge in [0.2, 0.25) is 0 Å². The summed E-state index contributed by atoms with van der Waals surface area (Å²) >= 11 is 6.19. The highest BCUT2D eigenvalue weighted by molar-refractivity contribution is 6.33. The summed E-state index contributed by atoms with van der Waals surface area (Å²) in [6.45, 7) is 2.56. The Bertz CT molecular complexity index is 1200. The molecule has 8 heteroatoms. The van der Waals surface area contributed by atoms with Gasteiger partial charge in [0.05, 0.1) is 6.54 Å². The Hall–Kier alpha value is -3.58. The monoisotopic (exact) mass is 439 g/mol. The molecular formula is C23H19ClFN3O3. The van der Waals surface area contributed by atoms with E-state index in [1.165, 1.54) is 12.1 Å². The summed E-state index contributed by atoms with van der Waals surface area (Å²) in [4.78, 5) is 12.5. The number of aryl methyl sites for hydroxylation is 1. The molecule has 2 aromatic carbocycles. The molecule has 0 saturated carbocycles. The zero-order chi connectivity index (χ0) is 21.8. The third-order valence-electron chi connectivity index (χ3n) is 4.46. The molecular weight excluding hydrogens is 421 g/mol. The van der Waals surface area contributed by atoms with Crippen LogP contribution in [0.25, 0.3) is 0 Å². The van der Waals surface area contributed by atoms with Crippen molar-refractivity contribution in [2.24, 2.45) is 0 Å². The van der Waals surface area contributed by atoms with Crippen LogP contribution in [0.2, 0.25) is 5.02 Å². The van der Waals surface area contributed by atoms with Crippen molar-refractivity contribution in [2.45, 2.75) is 20.1 Å². The highest BCUT2D eigenvalue weighted by Crippen LogP contribution is 2.22. The molecule has 0 radical (unpaired) electrons. The maximum atomic E-state index is 13.0. The number of aromatic nitrogens is 2. The second-order valence-corrected chi connectivity index (χ2v) is 7.38. The van der Waals surface area contributed by atoms with Gasteiger partial charge in [0.25, 0.3) is 5.91 Å². The average molecular weight is 440 g/mol. The van der Waals surface area contributed by atoms with E-state index in [1.807, 2.05) is 31.2 Å². The van der Waals surface area contributed by atoms with Crippen LogP contribution in [-0.2, 0) is 13.2 Å². The quantitative estimate of drug-likeness (QED) is 0.415. The second kappa shape index (κ2) is 9.06. The van der Waals surface area contributed by atoms with Crippen molar-refractivity contribution in [3.63, 3.8) is 0 Å². The van der Waals surface area contributed by atoms with Gasteiger partial charge in [0.15, 0.2) is 11.6 Å². The number of rotatable bonds is 7.